The van der Waals surface area contributed by atoms with Crippen molar-refractivity contribution in [1.82, 2.24) is 4.90 Å². The number of aliphatic hydroxyl groups is 1. The Bertz CT molecular complexity index is 316. The maximum atomic E-state index is 11.8. The molecule has 6 heteroatoms. The molecule has 0 aromatic heterocycles. The van der Waals surface area contributed by atoms with E-state index in [-0.39, 0.29) is 19.0 Å². The number of hydrogen-bond donors (Lipinski definition) is 1. The third-order valence-corrected chi connectivity index (χ3v) is 2.13. The zero-order chi connectivity index (χ0) is 11.6. The molecule has 0 radical (unpaired) electrons. The summed E-state index contributed by atoms with van der Waals surface area (Å²) in [6.45, 7) is 1.40. The van der Waals surface area contributed by atoms with E-state index < -0.39 is 18.2 Å². The van der Waals surface area contributed by atoms with Gasteiger partial charge in [-0.2, -0.15) is 13.2 Å². The Morgan fingerprint density at radius 2 is 2.07 bits per heavy atom. The monoisotopic (exact) mass is 221 g/mol. The van der Waals surface area contributed by atoms with Gasteiger partial charge in [-0.05, 0) is 0 Å². The molecule has 1 heterocycles. The number of carbonyl (C=O) groups is 1. The van der Waals surface area contributed by atoms with Crippen LogP contribution in [-0.4, -0.2) is 41.3 Å². The van der Waals surface area contributed by atoms with Crippen molar-refractivity contribution in [3.05, 3.63) is 0 Å². The first-order valence-electron chi connectivity index (χ1n) is 4.32. The van der Waals surface area contributed by atoms with Gasteiger partial charge >= 0.3 is 6.18 Å². The summed E-state index contributed by atoms with van der Waals surface area (Å²) >= 11 is 0. The second kappa shape index (κ2) is 4.11. The molecule has 84 valence electrons. The van der Waals surface area contributed by atoms with Crippen LogP contribution in [0.4, 0.5) is 13.2 Å². The number of likely N-dealkylation sites (tertiary alicyclic amines) is 1. The van der Waals surface area contributed by atoms with Gasteiger partial charge in [0.1, 0.15) is 0 Å². The lowest BCUT2D eigenvalue weighted by atomic mass is 10.1. The number of carbonyl (C=O) groups excluding carboxylic acids is 1. The van der Waals surface area contributed by atoms with E-state index in [4.69, 9.17) is 0 Å². The van der Waals surface area contributed by atoms with Crippen LogP contribution in [0.5, 0.6) is 0 Å². The molecule has 1 saturated heterocycles. The van der Waals surface area contributed by atoms with Gasteiger partial charge in [0, 0.05) is 25.9 Å². The molecule has 1 fully saturated rings. The second-order valence-electron chi connectivity index (χ2n) is 3.36. The number of halogens is 3. The Labute approximate surface area is 84.9 Å². The van der Waals surface area contributed by atoms with Crippen LogP contribution in [0.3, 0.4) is 0 Å². The van der Waals surface area contributed by atoms with E-state index in [1.807, 2.05) is 5.92 Å². The van der Waals surface area contributed by atoms with Gasteiger partial charge in [-0.3, -0.25) is 4.79 Å². The molecule has 3 nitrogen and oxygen atoms in total. The highest BCUT2D eigenvalue weighted by Gasteiger charge is 2.32. The van der Waals surface area contributed by atoms with Crippen molar-refractivity contribution < 1.29 is 23.1 Å². The predicted molar refractivity (Wildman–Crippen MR) is 45.6 cm³/mol. The number of nitrogens with zero attached hydrogens (tertiary/aromatic N) is 1. The Balaban J connectivity index is 2.65. The van der Waals surface area contributed by atoms with E-state index in [9.17, 15) is 23.1 Å². The molecule has 2 atom stereocenters. The number of alkyl halides is 3. The zero-order valence-corrected chi connectivity index (χ0v) is 8.01. The molecule has 0 bridgehead atoms. The van der Waals surface area contributed by atoms with Gasteiger partial charge in [-0.25, -0.2) is 0 Å². The molecule has 0 aromatic carbocycles. The van der Waals surface area contributed by atoms with Crippen molar-refractivity contribution in [2.24, 2.45) is 5.92 Å². The van der Waals surface area contributed by atoms with Gasteiger partial charge < -0.3 is 10.0 Å². The molecule has 1 rings (SSSR count). The predicted octanol–water partition coefficient (Wildman–Crippen LogP) is 0.391. The van der Waals surface area contributed by atoms with E-state index in [0.29, 0.717) is 0 Å². The molecule has 1 amide bonds. The van der Waals surface area contributed by atoms with Crippen LogP contribution < -0.4 is 0 Å². The molecule has 0 unspecified atom stereocenters. The number of aliphatic hydroxyl groups excluding tert-OH is 1. The number of rotatable bonds is 0. The van der Waals surface area contributed by atoms with Crippen LogP contribution in [0.15, 0.2) is 0 Å². The smallest absolute Gasteiger partial charge is 0.390 e. The minimum atomic E-state index is -4.55. The first-order chi connectivity index (χ1) is 6.79. The molecular formula is C9H10F3NO2. The third-order valence-electron chi connectivity index (χ3n) is 2.13. The van der Waals surface area contributed by atoms with E-state index in [2.05, 4.69) is 0 Å². The van der Waals surface area contributed by atoms with Crippen LogP contribution in [0.25, 0.3) is 0 Å². The minimum Gasteiger partial charge on any atom is -0.390 e. The summed E-state index contributed by atoms with van der Waals surface area (Å²) in [6, 6.07) is 0. The molecule has 0 saturated carbocycles. The van der Waals surface area contributed by atoms with Crippen molar-refractivity contribution in [3.63, 3.8) is 0 Å². The summed E-state index contributed by atoms with van der Waals surface area (Å²) in [5.74, 6) is 1.96. The Morgan fingerprint density at radius 3 is 2.47 bits per heavy atom. The Hall–Kier alpha value is -1.22. The topological polar surface area (TPSA) is 40.5 Å². The van der Waals surface area contributed by atoms with Crippen molar-refractivity contribution in [2.75, 3.05) is 13.1 Å². The van der Waals surface area contributed by atoms with E-state index in [1.54, 1.807) is 0 Å². The largest absolute Gasteiger partial charge is 0.457 e. The lowest BCUT2D eigenvalue weighted by Gasteiger charge is -2.10. The maximum absolute atomic E-state index is 11.8. The van der Waals surface area contributed by atoms with Gasteiger partial charge in [-0.1, -0.05) is 5.92 Å². The summed E-state index contributed by atoms with van der Waals surface area (Å²) in [4.78, 5) is 12.2. The highest BCUT2D eigenvalue weighted by molar-refractivity contribution is 5.73. The Morgan fingerprint density at radius 1 is 1.47 bits per heavy atom. The van der Waals surface area contributed by atoms with Crippen LogP contribution in [0, 0.1) is 17.8 Å². The fourth-order valence-electron chi connectivity index (χ4n) is 1.36. The average molecular weight is 221 g/mol. The van der Waals surface area contributed by atoms with Gasteiger partial charge in [0.05, 0.1) is 12.0 Å². The summed E-state index contributed by atoms with van der Waals surface area (Å²) in [5, 5.41) is 9.34. The minimum absolute atomic E-state index is 0.0482. The lowest BCUT2D eigenvalue weighted by molar-refractivity contribution is -0.128. The van der Waals surface area contributed by atoms with E-state index in [0.717, 1.165) is 5.92 Å². The zero-order valence-electron chi connectivity index (χ0n) is 8.01. The van der Waals surface area contributed by atoms with E-state index in [1.165, 1.54) is 11.8 Å². The average Bonchev–Trinajstić information content (AvgIpc) is 2.42. The first kappa shape index (κ1) is 11.9. The molecule has 0 aliphatic carbocycles. The molecule has 0 spiro atoms. The quantitative estimate of drug-likeness (QED) is 0.601. The lowest BCUT2D eigenvalue weighted by Crippen LogP contribution is -2.26. The van der Waals surface area contributed by atoms with E-state index >= 15 is 0 Å². The molecule has 0 aromatic rings. The van der Waals surface area contributed by atoms with Gasteiger partial charge in [0.2, 0.25) is 5.91 Å². The Kier molecular flexibility index (Phi) is 3.25. The van der Waals surface area contributed by atoms with Gasteiger partial charge in [-0.15, -0.1) is 0 Å². The van der Waals surface area contributed by atoms with Crippen molar-refractivity contribution >= 4 is 5.91 Å². The van der Waals surface area contributed by atoms with Crippen molar-refractivity contribution in [3.8, 4) is 11.8 Å². The van der Waals surface area contributed by atoms with Crippen LogP contribution >= 0.6 is 0 Å². The van der Waals surface area contributed by atoms with Crippen LogP contribution in [-0.2, 0) is 4.79 Å². The standard InChI is InChI=1S/C9H10F3NO2/c1-6(14)13-4-7(8(15)5-13)2-3-9(10,11)12/h7-8,15H,4-5H2,1H3/t7-,8-/m1/s1. The highest BCUT2D eigenvalue weighted by atomic mass is 19.4. The molecule has 1 aliphatic heterocycles. The number of amides is 1. The SMILES string of the molecule is CC(=O)N1C[C@@H](O)[C@H](C#CC(F)(F)F)C1. The number of β-amino-alcohol motifs (C(OH)–C–C–N with tert-alkyl or cyclic N) is 1. The molecular weight excluding hydrogens is 211 g/mol. The van der Waals surface area contributed by atoms with Gasteiger partial charge in [0.25, 0.3) is 0 Å². The van der Waals surface area contributed by atoms with Crippen LogP contribution in [0.2, 0.25) is 0 Å². The summed E-state index contributed by atoms with van der Waals surface area (Å²) in [7, 11) is 0. The van der Waals surface area contributed by atoms with Crippen molar-refractivity contribution in [2.45, 2.75) is 19.2 Å². The fraction of sp³-hybridized carbons (Fsp3) is 0.667. The third kappa shape index (κ3) is 3.44. The fourth-order valence-corrected chi connectivity index (χ4v) is 1.36. The van der Waals surface area contributed by atoms with Crippen LogP contribution in [0.1, 0.15) is 6.92 Å². The van der Waals surface area contributed by atoms with Crippen molar-refractivity contribution in [1.29, 1.82) is 0 Å². The van der Waals surface area contributed by atoms with Gasteiger partial charge in [0.15, 0.2) is 0 Å². The number of hydrogen-bond acceptors (Lipinski definition) is 2. The molecule has 1 N–H and O–H groups in total. The maximum Gasteiger partial charge on any atom is 0.457 e. The summed E-state index contributed by atoms with van der Waals surface area (Å²) in [5.41, 5.74) is 0. The molecule has 1 aliphatic rings. The summed E-state index contributed by atoms with van der Waals surface area (Å²) in [6.07, 6.45) is -5.55. The second-order valence-corrected chi connectivity index (χ2v) is 3.36. The highest BCUT2D eigenvalue weighted by Crippen LogP contribution is 2.18. The summed E-state index contributed by atoms with van der Waals surface area (Å²) < 4.78 is 35.3. The molecule has 15 heavy (non-hydrogen) atoms. The normalized spacial score (nSPS) is 26.1. The first-order valence-corrected chi connectivity index (χ1v) is 4.32.